The molecule has 0 aromatic heterocycles. The highest BCUT2D eigenvalue weighted by atomic mass is 16.4. The van der Waals surface area contributed by atoms with E-state index in [1.807, 2.05) is 13.8 Å². The number of rotatable bonds is 6. The topological polar surface area (TPSA) is 69.6 Å². The van der Waals surface area contributed by atoms with E-state index in [0.717, 1.165) is 0 Å². The summed E-state index contributed by atoms with van der Waals surface area (Å²) in [6.07, 6.45) is 0. The Labute approximate surface area is 90.5 Å². The first-order valence-corrected chi connectivity index (χ1v) is 5.04. The maximum Gasteiger partial charge on any atom is 0.317 e. The molecule has 0 saturated carbocycles. The molecule has 1 atom stereocenters. The summed E-state index contributed by atoms with van der Waals surface area (Å²) >= 11 is 0. The third-order valence-corrected chi connectivity index (χ3v) is 2.11. The highest BCUT2D eigenvalue weighted by Gasteiger charge is 2.19. The molecule has 0 spiro atoms. The molecule has 5 nitrogen and oxygen atoms in total. The summed E-state index contributed by atoms with van der Waals surface area (Å²) < 4.78 is 0. The van der Waals surface area contributed by atoms with E-state index in [2.05, 4.69) is 5.32 Å². The standard InChI is InChI=1S/C10H20N2O3/c1-7(2)5-11-10(15)8(3)12(4)6-9(13)14/h7-8H,5-6H2,1-4H3,(H,11,15)(H,13,14). The number of hydrogen-bond acceptors (Lipinski definition) is 3. The van der Waals surface area contributed by atoms with Gasteiger partial charge in [-0.05, 0) is 19.9 Å². The van der Waals surface area contributed by atoms with Gasteiger partial charge < -0.3 is 10.4 Å². The monoisotopic (exact) mass is 216 g/mol. The molecule has 0 aliphatic carbocycles. The van der Waals surface area contributed by atoms with Crippen molar-refractivity contribution in [1.29, 1.82) is 0 Å². The van der Waals surface area contributed by atoms with E-state index < -0.39 is 12.0 Å². The van der Waals surface area contributed by atoms with E-state index in [1.54, 1.807) is 14.0 Å². The molecule has 15 heavy (non-hydrogen) atoms. The van der Waals surface area contributed by atoms with Crippen LogP contribution in [-0.4, -0.2) is 48.1 Å². The number of carbonyl (C=O) groups excluding carboxylic acids is 1. The maximum absolute atomic E-state index is 11.5. The minimum absolute atomic E-state index is 0.129. The highest BCUT2D eigenvalue weighted by molar-refractivity contribution is 5.82. The highest BCUT2D eigenvalue weighted by Crippen LogP contribution is 1.96. The molecule has 0 aromatic carbocycles. The van der Waals surface area contributed by atoms with Crippen LogP contribution in [-0.2, 0) is 9.59 Å². The second-order valence-corrected chi connectivity index (χ2v) is 4.12. The molecule has 0 heterocycles. The molecular formula is C10H20N2O3. The summed E-state index contributed by atoms with van der Waals surface area (Å²) in [5.41, 5.74) is 0. The number of carboxylic acids is 1. The van der Waals surface area contributed by atoms with Gasteiger partial charge in [0.2, 0.25) is 5.91 Å². The molecule has 0 aliphatic heterocycles. The van der Waals surface area contributed by atoms with Crippen molar-refractivity contribution < 1.29 is 14.7 Å². The van der Waals surface area contributed by atoms with E-state index in [9.17, 15) is 9.59 Å². The molecule has 5 heteroatoms. The molecular weight excluding hydrogens is 196 g/mol. The lowest BCUT2D eigenvalue weighted by Crippen LogP contribution is -2.45. The van der Waals surface area contributed by atoms with Gasteiger partial charge in [0.05, 0.1) is 12.6 Å². The van der Waals surface area contributed by atoms with Crippen LogP contribution in [0.1, 0.15) is 20.8 Å². The van der Waals surface area contributed by atoms with Gasteiger partial charge in [0.15, 0.2) is 0 Å². The van der Waals surface area contributed by atoms with Crippen molar-refractivity contribution >= 4 is 11.9 Å². The van der Waals surface area contributed by atoms with E-state index in [1.165, 1.54) is 4.90 Å². The quantitative estimate of drug-likeness (QED) is 0.663. The average Bonchev–Trinajstić information content (AvgIpc) is 2.11. The molecule has 0 saturated heterocycles. The predicted molar refractivity (Wildman–Crippen MR) is 57.6 cm³/mol. The third-order valence-electron chi connectivity index (χ3n) is 2.11. The molecule has 2 N–H and O–H groups in total. The van der Waals surface area contributed by atoms with E-state index in [-0.39, 0.29) is 12.5 Å². The normalized spacial score (nSPS) is 12.9. The van der Waals surface area contributed by atoms with Gasteiger partial charge in [0.25, 0.3) is 0 Å². The van der Waals surface area contributed by atoms with Crippen LogP contribution in [0.4, 0.5) is 0 Å². The molecule has 0 bridgehead atoms. The number of likely N-dealkylation sites (N-methyl/N-ethyl adjacent to an activating group) is 1. The van der Waals surface area contributed by atoms with Crippen LogP contribution in [0.15, 0.2) is 0 Å². The lowest BCUT2D eigenvalue weighted by molar-refractivity contribution is -0.139. The summed E-state index contributed by atoms with van der Waals surface area (Å²) in [5.74, 6) is -0.667. The van der Waals surface area contributed by atoms with Crippen LogP contribution in [0.5, 0.6) is 0 Å². The Balaban J connectivity index is 4.01. The maximum atomic E-state index is 11.5. The molecule has 0 rings (SSSR count). The predicted octanol–water partition coefficient (Wildman–Crippen LogP) is 0.164. The van der Waals surface area contributed by atoms with E-state index >= 15 is 0 Å². The number of nitrogens with zero attached hydrogens (tertiary/aromatic N) is 1. The Morgan fingerprint density at radius 1 is 1.33 bits per heavy atom. The van der Waals surface area contributed by atoms with Crippen molar-refractivity contribution in [2.24, 2.45) is 5.92 Å². The minimum Gasteiger partial charge on any atom is -0.480 e. The Morgan fingerprint density at radius 2 is 1.87 bits per heavy atom. The summed E-state index contributed by atoms with van der Waals surface area (Å²) in [7, 11) is 1.62. The number of aliphatic carboxylic acids is 1. The lowest BCUT2D eigenvalue weighted by atomic mass is 10.2. The smallest absolute Gasteiger partial charge is 0.317 e. The van der Waals surface area contributed by atoms with Crippen molar-refractivity contribution in [1.82, 2.24) is 10.2 Å². The largest absolute Gasteiger partial charge is 0.480 e. The number of carboxylic acid groups (broad SMARTS) is 1. The van der Waals surface area contributed by atoms with Crippen LogP contribution in [0.2, 0.25) is 0 Å². The van der Waals surface area contributed by atoms with Gasteiger partial charge in [-0.15, -0.1) is 0 Å². The van der Waals surface area contributed by atoms with E-state index in [4.69, 9.17) is 5.11 Å². The van der Waals surface area contributed by atoms with Gasteiger partial charge in [-0.1, -0.05) is 13.8 Å². The van der Waals surface area contributed by atoms with Gasteiger partial charge in [0.1, 0.15) is 0 Å². The Hall–Kier alpha value is -1.10. The second kappa shape index (κ2) is 6.40. The van der Waals surface area contributed by atoms with Crippen LogP contribution in [0, 0.1) is 5.92 Å². The Morgan fingerprint density at radius 3 is 2.27 bits per heavy atom. The number of amides is 1. The third kappa shape index (κ3) is 6.06. The van der Waals surface area contributed by atoms with Crippen molar-refractivity contribution in [3.63, 3.8) is 0 Å². The average molecular weight is 216 g/mol. The second-order valence-electron chi connectivity index (χ2n) is 4.12. The lowest BCUT2D eigenvalue weighted by Gasteiger charge is -2.22. The summed E-state index contributed by atoms with van der Waals surface area (Å²) in [5, 5.41) is 11.3. The van der Waals surface area contributed by atoms with Gasteiger partial charge >= 0.3 is 5.97 Å². The van der Waals surface area contributed by atoms with Gasteiger partial charge in [-0.2, -0.15) is 0 Å². The van der Waals surface area contributed by atoms with Crippen molar-refractivity contribution in [2.45, 2.75) is 26.8 Å². The first-order valence-electron chi connectivity index (χ1n) is 5.04. The molecule has 1 amide bonds. The fourth-order valence-corrected chi connectivity index (χ4v) is 1.00. The van der Waals surface area contributed by atoms with Crippen LogP contribution in [0.25, 0.3) is 0 Å². The van der Waals surface area contributed by atoms with Gasteiger partial charge in [-0.25, -0.2) is 0 Å². The Bertz CT molecular complexity index is 229. The van der Waals surface area contributed by atoms with Crippen LogP contribution in [0.3, 0.4) is 0 Å². The van der Waals surface area contributed by atoms with Crippen molar-refractivity contribution in [2.75, 3.05) is 20.1 Å². The fraction of sp³-hybridized carbons (Fsp3) is 0.800. The SMILES string of the molecule is CC(C)CNC(=O)C(C)N(C)CC(=O)O. The zero-order valence-electron chi connectivity index (χ0n) is 9.78. The van der Waals surface area contributed by atoms with Crippen molar-refractivity contribution in [3.05, 3.63) is 0 Å². The minimum atomic E-state index is -0.930. The zero-order chi connectivity index (χ0) is 12.0. The van der Waals surface area contributed by atoms with E-state index in [0.29, 0.717) is 12.5 Å². The first-order chi connectivity index (χ1) is 6.84. The molecule has 88 valence electrons. The van der Waals surface area contributed by atoms with Crippen LogP contribution < -0.4 is 5.32 Å². The summed E-state index contributed by atoms with van der Waals surface area (Å²) in [4.78, 5) is 23.5. The molecule has 0 radical (unpaired) electrons. The number of carbonyl (C=O) groups is 2. The summed E-state index contributed by atoms with van der Waals surface area (Å²) in [6.45, 7) is 6.19. The Kier molecular flexibility index (Phi) is 5.93. The first kappa shape index (κ1) is 13.9. The fourth-order valence-electron chi connectivity index (χ4n) is 1.00. The summed E-state index contributed by atoms with van der Waals surface area (Å²) in [6, 6.07) is -0.417. The zero-order valence-corrected chi connectivity index (χ0v) is 9.78. The van der Waals surface area contributed by atoms with Crippen LogP contribution >= 0.6 is 0 Å². The number of nitrogens with one attached hydrogen (secondary N) is 1. The molecule has 0 fully saturated rings. The van der Waals surface area contributed by atoms with Crippen molar-refractivity contribution in [3.8, 4) is 0 Å². The van der Waals surface area contributed by atoms with Gasteiger partial charge in [-0.3, -0.25) is 14.5 Å². The molecule has 1 unspecified atom stereocenters. The molecule has 0 aliphatic rings. The molecule has 0 aromatic rings. The van der Waals surface area contributed by atoms with Gasteiger partial charge in [0, 0.05) is 6.54 Å². The number of hydrogen-bond donors (Lipinski definition) is 2.